The maximum atomic E-state index is 12.9. The standard InChI is InChI=1S/C17H24N2OS/c1-3-7-14-18-15(13-8-5-4-6-9-13)16(20)19(14)12-17(21-2)10-11-17/h4-6,8-9,14-15,18H,3,7,10-12H2,1-2H3. The average Bonchev–Trinajstić information content (AvgIpc) is 3.23. The molecule has 1 aromatic carbocycles. The van der Waals surface area contributed by atoms with Gasteiger partial charge in [0.1, 0.15) is 6.04 Å². The van der Waals surface area contributed by atoms with E-state index in [9.17, 15) is 4.79 Å². The molecule has 0 spiro atoms. The topological polar surface area (TPSA) is 32.3 Å². The second-order valence-electron chi connectivity index (χ2n) is 6.17. The van der Waals surface area contributed by atoms with E-state index < -0.39 is 0 Å². The normalized spacial score (nSPS) is 27.1. The molecule has 1 aliphatic heterocycles. The van der Waals surface area contributed by atoms with Crippen molar-refractivity contribution in [1.82, 2.24) is 10.2 Å². The number of benzene rings is 1. The highest BCUT2D eigenvalue weighted by Crippen LogP contribution is 2.48. The number of hydrogen-bond donors (Lipinski definition) is 1. The van der Waals surface area contributed by atoms with Gasteiger partial charge in [0.05, 0.1) is 6.17 Å². The molecule has 1 amide bonds. The summed E-state index contributed by atoms with van der Waals surface area (Å²) in [7, 11) is 0. The van der Waals surface area contributed by atoms with Crippen molar-refractivity contribution in [3.8, 4) is 0 Å². The molecule has 21 heavy (non-hydrogen) atoms. The van der Waals surface area contributed by atoms with Crippen molar-refractivity contribution in [2.45, 2.75) is 49.6 Å². The van der Waals surface area contributed by atoms with E-state index in [-0.39, 0.29) is 18.1 Å². The molecule has 3 rings (SSSR count). The van der Waals surface area contributed by atoms with Crippen LogP contribution in [-0.4, -0.2) is 34.5 Å². The van der Waals surface area contributed by atoms with Gasteiger partial charge in [0.15, 0.2) is 0 Å². The van der Waals surface area contributed by atoms with Crippen LogP contribution in [0, 0.1) is 0 Å². The maximum absolute atomic E-state index is 12.9. The molecule has 4 heteroatoms. The monoisotopic (exact) mass is 304 g/mol. The Morgan fingerprint density at radius 1 is 1.33 bits per heavy atom. The first kappa shape index (κ1) is 14.9. The van der Waals surface area contributed by atoms with Crippen molar-refractivity contribution in [2.75, 3.05) is 12.8 Å². The number of nitrogens with zero attached hydrogens (tertiary/aromatic N) is 1. The van der Waals surface area contributed by atoms with Crippen LogP contribution in [0.2, 0.25) is 0 Å². The summed E-state index contributed by atoms with van der Waals surface area (Å²) in [6.07, 6.45) is 6.97. The predicted octanol–water partition coefficient (Wildman–Crippen LogP) is 3.18. The van der Waals surface area contributed by atoms with Crippen molar-refractivity contribution >= 4 is 17.7 Å². The van der Waals surface area contributed by atoms with Crippen molar-refractivity contribution < 1.29 is 4.79 Å². The van der Waals surface area contributed by atoms with Gasteiger partial charge in [-0.15, -0.1) is 0 Å². The number of amides is 1. The Labute approximate surface area is 131 Å². The molecule has 0 radical (unpaired) electrons. The minimum atomic E-state index is -0.166. The molecule has 2 atom stereocenters. The van der Waals surface area contributed by atoms with E-state index in [0.29, 0.717) is 4.75 Å². The maximum Gasteiger partial charge on any atom is 0.245 e. The second kappa shape index (κ2) is 6.01. The highest BCUT2D eigenvalue weighted by molar-refractivity contribution is 8.00. The summed E-state index contributed by atoms with van der Waals surface area (Å²) in [6.45, 7) is 3.08. The summed E-state index contributed by atoms with van der Waals surface area (Å²) in [5, 5.41) is 3.55. The summed E-state index contributed by atoms with van der Waals surface area (Å²) in [5.41, 5.74) is 1.08. The summed E-state index contributed by atoms with van der Waals surface area (Å²) < 4.78 is 0.328. The Kier molecular flexibility index (Phi) is 4.27. The van der Waals surface area contributed by atoms with Crippen LogP contribution in [0.1, 0.15) is 44.2 Å². The molecule has 0 bridgehead atoms. The summed E-state index contributed by atoms with van der Waals surface area (Å²) in [6, 6.07) is 9.93. The van der Waals surface area contributed by atoms with Gasteiger partial charge in [-0.1, -0.05) is 43.7 Å². The van der Waals surface area contributed by atoms with Crippen molar-refractivity contribution in [2.24, 2.45) is 0 Å². The molecule has 3 nitrogen and oxygen atoms in total. The number of hydrogen-bond acceptors (Lipinski definition) is 3. The summed E-state index contributed by atoms with van der Waals surface area (Å²) in [4.78, 5) is 15.0. The van der Waals surface area contributed by atoms with Gasteiger partial charge in [0, 0.05) is 11.3 Å². The average molecular weight is 304 g/mol. The number of carbonyl (C=O) groups excluding carboxylic acids is 1. The van der Waals surface area contributed by atoms with Gasteiger partial charge < -0.3 is 4.90 Å². The van der Waals surface area contributed by atoms with E-state index in [2.05, 4.69) is 23.4 Å². The van der Waals surface area contributed by atoms with E-state index in [0.717, 1.165) is 24.9 Å². The molecule has 1 saturated heterocycles. The van der Waals surface area contributed by atoms with Crippen LogP contribution in [0.5, 0.6) is 0 Å². The first-order valence-electron chi connectivity index (χ1n) is 7.86. The minimum Gasteiger partial charge on any atom is -0.324 e. The highest BCUT2D eigenvalue weighted by Gasteiger charge is 2.48. The number of nitrogens with one attached hydrogen (secondary N) is 1. The van der Waals surface area contributed by atoms with Crippen LogP contribution >= 0.6 is 11.8 Å². The van der Waals surface area contributed by atoms with Gasteiger partial charge in [-0.3, -0.25) is 10.1 Å². The lowest BCUT2D eigenvalue weighted by atomic mass is 10.1. The van der Waals surface area contributed by atoms with E-state index in [1.807, 2.05) is 42.1 Å². The molecule has 2 unspecified atom stereocenters. The number of carbonyl (C=O) groups is 1. The predicted molar refractivity (Wildman–Crippen MR) is 88.2 cm³/mol. The van der Waals surface area contributed by atoms with E-state index in [4.69, 9.17) is 0 Å². The Hall–Kier alpha value is -1.00. The molecule has 114 valence electrons. The zero-order valence-electron chi connectivity index (χ0n) is 12.8. The lowest BCUT2D eigenvalue weighted by Gasteiger charge is -2.27. The summed E-state index contributed by atoms with van der Waals surface area (Å²) in [5.74, 6) is 0.250. The van der Waals surface area contributed by atoms with Crippen LogP contribution in [0.15, 0.2) is 30.3 Å². The second-order valence-corrected chi connectivity index (χ2v) is 7.44. The lowest BCUT2D eigenvalue weighted by Crippen LogP contribution is -2.41. The molecule has 2 aliphatic rings. The fraction of sp³-hybridized carbons (Fsp3) is 0.588. The van der Waals surface area contributed by atoms with Gasteiger partial charge >= 0.3 is 0 Å². The van der Waals surface area contributed by atoms with Gasteiger partial charge in [0.25, 0.3) is 0 Å². The molecular weight excluding hydrogens is 280 g/mol. The zero-order chi connectivity index (χ0) is 14.9. The Morgan fingerprint density at radius 2 is 2.05 bits per heavy atom. The number of thioether (sulfide) groups is 1. The van der Waals surface area contributed by atoms with Crippen molar-refractivity contribution in [1.29, 1.82) is 0 Å². The van der Waals surface area contributed by atoms with Crippen LogP contribution in [0.4, 0.5) is 0 Å². The molecule has 1 aromatic rings. The molecule has 1 aliphatic carbocycles. The molecule has 1 N–H and O–H groups in total. The largest absolute Gasteiger partial charge is 0.324 e. The smallest absolute Gasteiger partial charge is 0.245 e. The SMILES string of the molecule is CCCC1NC(c2ccccc2)C(=O)N1CC1(SC)CC1. The lowest BCUT2D eigenvalue weighted by molar-refractivity contribution is -0.130. The Balaban J connectivity index is 1.79. The van der Waals surface area contributed by atoms with E-state index >= 15 is 0 Å². The van der Waals surface area contributed by atoms with Crippen molar-refractivity contribution in [3.05, 3.63) is 35.9 Å². The Morgan fingerprint density at radius 3 is 2.62 bits per heavy atom. The zero-order valence-corrected chi connectivity index (χ0v) is 13.7. The fourth-order valence-corrected chi connectivity index (χ4v) is 3.91. The van der Waals surface area contributed by atoms with Crippen LogP contribution < -0.4 is 5.32 Å². The van der Waals surface area contributed by atoms with Gasteiger partial charge in [-0.2, -0.15) is 11.8 Å². The van der Waals surface area contributed by atoms with Gasteiger partial charge in [-0.05, 0) is 31.1 Å². The van der Waals surface area contributed by atoms with E-state index in [1.54, 1.807) is 0 Å². The molecule has 2 fully saturated rings. The van der Waals surface area contributed by atoms with Crippen LogP contribution in [0.25, 0.3) is 0 Å². The van der Waals surface area contributed by atoms with Gasteiger partial charge in [-0.25, -0.2) is 0 Å². The quantitative estimate of drug-likeness (QED) is 0.876. The molecule has 1 heterocycles. The highest BCUT2D eigenvalue weighted by atomic mass is 32.2. The number of rotatable bonds is 6. The summed E-state index contributed by atoms with van der Waals surface area (Å²) >= 11 is 1.92. The third-order valence-corrected chi connectivity index (χ3v) is 6.06. The molecular formula is C17H24N2OS. The third-order valence-electron chi connectivity index (χ3n) is 4.66. The van der Waals surface area contributed by atoms with Crippen LogP contribution in [0.3, 0.4) is 0 Å². The molecule has 0 aromatic heterocycles. The Bertz CT molecular complexity index is 501. The first-order valence-corrected chi connectivity index (χ1v) is 9.08. The fourth-order valence-electron chi connectivity index (χ4n) is 3.13. The van der Waals surface area contributed by atoms with Gasteiger partial charge in [0.2, 0.25) is 5.91 Å². The minimum absolute atomic E-state index is 0.166. The first-order chi connectivity index (χ1) is 10.2. The van der Waals surface area contributed by atoms with Crippen molar-refractivity contribution in [3.63, 3.8) is 0 Å². The third kappa shape index (κ3) is 2.97. The van der Waals surface area contributed by atoms with Crippen LogP contribution in [-0.2, 0) is 4.79 Å². The van der Waals surface area contributed by atoms with E-state index in [1.165, 1.54) is 12.8 Å². The molecule has 1 saturated carbocycles.